The van der Waals surface area contributed by atoms with Crippen molar-refractivity contribution in [1.29, 1.82) is 0 Å². The normalized spacial score (nSPS) is 13.2. The molecule has 0 radical (unpaired) electrons. The van der Waals surface area contributed by atoms with Crippen LogP contribution in [0.1, 0.15) is 103 Å². The van der Waals surface area contributed by atoms with Gasteiger partial charge in [0.2, 0.25) is 0 Å². The maximum Gasteiger partial charge on any atom is 0.135 e. The first-order valence-corrected chi connectivity index (χ1v) is 23.4. The van der Waals surface area contributed by atoms with Crippen LogP contribution in [0.25, 0.3) is 27.6 Å². The van der Waals surface area contributed by atoms with E-state index >= 15 is 0 Å². The Morgan fingerprint density at radius 3 is 1.75 bits per heavy atom. The molecule has 0 bridgehead atoms. The van der Waals surface area contributed by atoms with Crippen molar-refractivity contribution in [1.82, 2.24) is 9.55 Å². The second-order valence-corrected chi connectivity index (χ2v) is 21.1. The molecule has 7 aromatic carbocycles. The number of fused-ring (bicyclic) bond motifs is 4. The van der Waals surface area contributed by atoms with Crippen molar-refractivity contribution in [2.45, 2.75) is 90.9 Å². The van der Waals surface area contributed by atoms with Gasteiger partial charge < -0.3 is 19.1 Å². The van der Waals surface area contributed by atoms with Gasteiger partial charge in [-0.2, -0.15) is 6.07 Å². The van der Waals surface area contributed by atoms with Gasteiger partial charge in [0, 0.05) is 66.8 Å². The van der Waals surface area contributed by atoms with Crippen LogP contribution in [0.3, 0.4) is 0 Å². The van der Waals surface area contributed by atoms with E-state index in [2.05, 4.69) is 260 Å². The van der Waals surface area contributed by atoms with Crippen LogP contribution in [0.5, 0.6) is 11.5 Å². The summed E-state index contributed by atoms with van der Waals surface area (Å²) in [6, 6.07) is 66.1. The van der Waals surface area contributed by atoms with E-state index in [1.54, 1.807) is 0 Å². The summed E-state index contributed by atoms with van der Waals surface area (Å²) in [5.41, 5.74) is 12.9. The SMILES string of the molecule is CC(C)(C)c1ccc(N2[CH-]N(c3[c-]c(Oc4[c-]c5c(cc4)c4ccccc4n5-c4cc(C(C)(C)c5ccccc5)ccn4)cc(C(C)(C)c4ccccc4)c3)c3ccc(C(C)(C)C)cc32)cc1.[Pt]. The summed E-state index contributed by atoms with van der Waals surface area (Å²) in [6.45, 7) is 24.9. The molecule has 5 nitrogen and oxygen atoms in total. The molecular weight excluding hydrogens is 1010 g/mol. The Morgan fingerprint density at radius 1 is 0.471 bits per heavy atom. The number of hydrogen-bond acceptors (Lipinski definition) is 4. The van der Waals surface area contributed by atoms with Crippen LogP contribution in [0, 0.1) is 18.8 Å². The number of rotatable bonds is 9. The van der Waals surface area contributed by atoms with Crippen molar-refractivity contribution in [2.75, 3.05) is 9.80 Å². The first kappa shape index (κ1) is 46.7. The minimum atomic E-state index is -0.366. The van der Waals surface area contributed by atoms with Gasteiger partial charge in [-0.3, -0.25) is 0 Å². The molecule has 6 heteroatoms. The summed E-state index contributed by atoms with van der Waals surface area (Å²) in [4.78, 5) is 9.56. The molecule has 0 saturated heterocycles. The molecule has 0 saturated carbocycles. The molecule has 0 fully saturated rings. The van der Waals surface area contributed by atoms with Gasteiger partial charge in [0.15, 0.2) is 0 Å². The maximum atomic E-state index is 6.99. The van der Waals surface area contributed by atoms with Gasteiger partial charge in [-0.15, -0.1) is 53.6 Å². The van der Waals surface area contributed by atoms with Crippen molar-refractivity contribution in [2.24, 2.45) is 0 Å². The van der Waals surface area contributed by atoms with Gasteiger partial charge in [0.05, 0.1) is 0 Å². The molecule has 10 rings (SSSR count). The number of para-hydroxylation sites is 1. The number of aromatic nitrogens is 2. The molecule has 0 unspecified atom stereocenters. The Labute approximate surface area is 417 Å². The van der Waals surface area contributed by atoms with Gasteiger partial charge in [-0.25, -0.2) is 4.98 Å². The van der Waals surface area contributed by atoms with E-state index in [0.29, 0.717) is 11.5 Å². The predicted molar refractivity (Wildman–Crippen MR) is 279 cm³/mol. The maximum absolute atomic E-state index is 6.99. The van der Waals surface area contributed by atoms with Gasteiger partial charge in [0.1, 0.15) is 5.82 Å². The summed E-state index contributed by atoms with van der Waals surface area (Å²) in [7, 11) is 0. The van der Waals surface area contributed by atoms with Gasteiger partial charge in [-0.1, -0.05) is 172 Å². The minimum absolute atomic E-state index is 0. The third kappa shape index (κ3) is 8.56. The summed E-state index contributed by atoms with van der Waals surface area (Å²) >= 11 is 0. The smallest absolute Gasteiger partial charge is 0.135 e. The van der Waals surface area contributed by atoms with Gasteiger partial charge in [0.25, 0.3) is 0 Å². The van der Waals surface area contributed by atoms with Gasteiger partial charge >= 0.3 is 0 Å². The topological polar surface area (TPSA) is 33.5 Å². The zero-order valence-corrected chi connectivity index (χ0v) is 43.0. The molecule has 1 aliphatic heterocycles. The third-order valence-electron chi connectivity index (χ3n) is 13.9. The first-order chi connectivity index (χ1) is 32.0. The number of benzene rings is 7. The molecule has 9 aromatic rings. The standard InChI is InChI=1S/C62H59N4O.Pt/c1-59(2,3)42-25-28-48(29-26-42)64-41-65(55-32-27-45(37-57(55)64)60(4,5)6)49-35-47(62(9,10)44-21-15-12-16-22-44)36-51(39-49)67-50-30-31-53-52-23-17-18-24-54(52)66(56(53)40-50)58-38-46(33-34-63-58)61(7,8)43-19-13-11-14-20-43;/h11-38,41H,1-10H3;/q-3;. The second kappa shape index (κ2) is 17.6. The van der Waals surface area contributed by atoms with E-state index in [-0.39, 0.29) is 42.7 Å². The molecule has 346 valence electrons. The van der Waals surface area contributed by atoms with Crippen LogP contribution in [-0.4, -0.2) is 9.55 Å². The quantitative estimate of drug-likeness (QED) is 0.135. The Balaban J connectivity index is 0.00000578. The fourth-order valence-electron chi connectivity index (χ4n) is 9.48. The first-order valence-electron chi connectivity index (χ1n) is 23.4. The summed E-state index contributed by atoms with van der Waals surface area (Å²) < 4.78 is 9.21. The van der Waals surface area contributed by atoms with E-state index in [9.17, 15) is 0 Å². The summed E-state index contributed by atoms with van der Waals surface area (Å²) in [5, 5.41) is 2.21. The third-order valence-corrected chi connectivity index (χ3v) is 13.9. The number of anilines is 4. The molecule has 2 aromatic heterocycles. The van der Waals surface area contributed by atoms with E-state index in [0.717, 1.165) is 55.9 Å². The second-order valence-electron chi connectivity index (χ2n) is 21.1. The largest absolute Gasteiger partial charge is 0.509 e. The van der Waals surface area contributed by atoms with Crippen LogP contribution in [0.15, 0.2) is 170 Å². The Kier molecular flexibility index (Phi) is 12.1. The fourth-order valence-corrected chi connectivity index (χ4v) is 9.48. The molecule has 1 aliphatic rings. The number of ether oxygens (including phenoxy) is 1. The number of hydrogen-bond donors (Lipinski definition) is 0. The number of pyridine rings is 1. The molecule has 0 atom stereocenters. The van der Waals surface area contributed by atoms with Crippen molar-refractivity contribution < 1.29 is 25.8 Å². The minimum Gasteiger partial charge on any atom is -0.509 e. The zero-order valence-electron chi connectivity index (χ0n) is 40.8. The predicted octanol–water partition coefficient (Wildman–Crippen LogP) is 16.2. The average molecular weight is 1070 g/mol. The molecule has 0 aliphatic carbocycles. The van der Waals surface area contributed by atoms with Crippen LogP contribution in [-0.2, 0) is 42.7 Å². The molecule has 0 N–H and O–H groups in total. The van der Waals surface area contributed by atoms with Crippen molar-refractivity contribution in [3.63, 3.8) is 0 Å². The summed E-state index contributed by atoms with van der Waals surface area (Å²) in [5.74, 6) is 2.03. The summed E-state index contributed by atoms with van der Waals surface area (Å²) in [6.07, 6.45) is 1.92. The molecule has 0 spiro atoms. The Morgan fingerprint density at radius 2 is 1.09 bits per heavy atom. The average Bonchev–Trinajstić information content (AvgIpc) is 3.87. The Hall–Kier alpha value is -6.42. The number of nitrogens with zero attached hydrogens (tertiary/aromatic N) is 4. The van der Waals surface area contributed by atoms with Crippen LogP contribution >= 0.6 is 0 Å². The van der Waals surface area contributed by atoms with E-state index in [4.69, 9.17) is 9.72 Å². The fraction of sp³-hybridized carbons (Fsp3) is 0.226. The van der Waals surface area contributed by atoms with Crippen LogP contribution in [0.4, 0.5) is 22.7 Å². The van der Waals surface area contributed by atoms with Crippen LogP contribution < -0.4 is 14.5 Å². The van der Waals surface area contributed by atoms with E-state index in [1.807, 2.05) is 12.3 Å². The van der Waals surface area contributed by atoms with E-state index < -0.39 is 0 Å². The van der Waals surface area contributed by atoms with Crippen molar-refractivity contribution in [3.05, 3.63) is 222 Å². The van der Waals surface area contributed by atoms with Crippen LogP contribution in [0.2, 0.25) is 0 Å². The molecule has 68 heavy (non-hydrogen) atoms. The van der Waals surface area contributed by atoms with Crippen molar-refractivity contribution >= 4 is 44.6 Å². The monoisotopic (exact) mass is 1070 g/mol. The van der Waals surface area contributed by atoms with Crippen molar-refractivity contribution in [3.8, 4) is 17.3 Å². The van der Waals surface area contributed by atoms with E-state index in [1.165, 1.54) is 27.8 Å². The molecular formula is C62H59N4OPt-3. The zero-order chi connectivity index (χ0) is 46.9. The molecule has 0 amide bonds. The Bertz CT molecular complexity index is 3270. The molecule has 3 heterocycles. The van der Waals surface area contributed by atoms with Gasteiger partial charge in [-0.05, 0) is 91.9 Å².